The highest BCUT2D eigenvalue weighted by atomic mass is 16.5. The van der Waals surface area contributed by atoms with Gasteiger partial charge in [-0.05, 0) is 38.3 Å². The van der Waals surface area contributed by atoms with Gasteiger partial charge in [0.1, 0.15) is 17.6 Å². The zero-order valence-corrected chi connectivity index (χ0v) is 8.40. The average Bonchev–Trinajstić information content (AvgIpc) is 2.65. The monoisotopic (exact) mass is 196 g/mol. The molecule has 0 bridgehead atoms. The SMILES string of the molecule is Cc1ccc(C2CCCC(CO)O2)o1. The van der Waals surface area contributed by atoms with Crippen molar-refractivity contribution in [3.63, 3.8) is 0 Å². The van der Waals surface area contributed by atoms with Gasteiger partial charge in [0.25, 0.3) is 0 Å². The number of rotatable bonds is 2. The number of hydrogen-bond donors (Lipinski definition) is 1. The fraction of sp³-hybridized carbons (Fsp3) is 0.636. The quantitative estimate of drug-likeness (QED) is 0.788. The first-order valence-corrected chi connectivity index (χ1v) is 5.12. The fourth-order valence-corrected chi connectivity index (χ4v) is 1.87. The molecule has 3 nitrogen and oxygen atoms in total. The van der Waals surface area contributed by atoms with Gasteiger partial charge in [-0.2, -0.15) is 0 Å². The molecule has 2 rings (SSSR count). The maximum absolute atomic E-state index is 9.01. The topological polar surface area (TPSA) is 42.6 Å². The van der Waals surface area contributed by atoms with Crippen molar-refractivity contribution in [2.75, 3.05) is 6.61 Å². The molecule has 1 aromatic heterocycles. The Morgan fingerprint density at radius 3 is 2.93 bits per heavy atom. The first kappa shape index (κ1) is 9.74. The van der Waals surface area contributed by atoms with Crippen LogP contribution in [-0.2, 0) is 4.74 Å². The van der Waals surface area contributed by atoms with Gasteiger partial charge in [0, 0.05) is 0 Å². The summed E-state index contributed by atoms with van der Waals surface area (Å²) in [7, 11) is 0. The average molecular weight is 196 g/mol. The van der Waals surface area contributed by atoms with Crippen molar-refractivity contribution >= 4 is 0 Å². The molecule has 78 valence electrons. The Balaban J connectivity index is 2.04. The molecule has 1 aromatic rings. The minimum atomic E-state index is -0.0147. The fourth-order valence-electron chi connectivity index (χ4n) is 1.87. The van der Waals surface area contributed by atoms with Crippen molar-refractivity contribution in [3.8, 4) is 0 Å². The van der Waals surface area contributed by atoms with E-state index in [1.807, 2.05) is 19.1 Å². The normalized spacial score (nSPS) is 27.9. The summed E-state index contributed by atoms with van der Waals surface area (Å²) in [6, 6.07) is 3.90. The van der Waals surface area contributed by atoms with E-state index in [1.165, 1.54) is 0 Å². The molecule has 0 aliphatic carbocycles. The summed E-state index contributed by atoms with van der Waals surface area (Å²) in [6.45, 7) is 2.03. The first-order chi connectivity index (χ1) is 6.79. The van der Waals surface area contributed by atoms with Crippen molar-refractivity contribution in [1.29, 1.82) is 0 Å². The molecule has 1 N–H and O–H groups in total. The van der Waals surface area contributed by atoms with E-state index in [0.29, 0.717) is 0 Å². The van der Waals surface area contributed by atoms with Crippen molar-refractivity contribution in [1.82, 2.24) is 0 Å². The second-order valence-corrected chi connectivity index (χ2v) is 3.81. The highest BCUT2D eigenvalue weighted by molar-refractivity contribution is 5.08. The van der Waals surface area contributed by atoms with E-state index >= 15 is 0 Å². The van der Waals surface area contributed by atoms with Crippen LogP contribution < -0.4 is 0 Å². The molecular formula is C11H16O3. The summed E-state index contributed by atoms with van der Waals surface area (Å²) < 4.78 is 11.2. The Kier molecular flexibility index (Phi) is 2.89. The van der Waals surface area contributed by atoms with Crippen LogP contribution in [0.2, 0.25) is 0 Å². The van der Waals surface area contributed by atoms with Crippen LogP contribution in [0.4, 0.5) is 0 Å². The zero-order chi connectivity index (χ0) is 9.97. The van der Waals surface area contributed by atoms with E-state index in [0.717, 1.165) is 30.8 Å². The number of ether oxygens (including phenoxy) is 1. The minimum Gasteiger partial charge on any atom is -0.464 e. The molecule has 0 saturated carbocycles. The molecule has 0 amide bonds. The molecule has 3 heteroatoms. The molecule has 2 unspecified atom stereocenters. The molecule has 0 radical (unpaired) electrons. The van der Waals surface area contributed by atoms with Gasteiger partial charge in [-0.15, -0.1) is 0 Å². The molecule has 1 aliphatic heterocycles. The molecule has 0 aromatic carbocycles. The number of furan rings is 1. The van der Waals surface area contributed by atoms with Gasteiger partial charge in [-0.25, -0.2) is 0 Å². The predicted octanol–water partition coefficient (Wildman–Crippen LogP) is 2.19. The third-order valence-corrected chi connectivity index (χ3v) is 2.63. The van der Waals surface area contributed by atoms with Crippen LogP contribution in [0.1, 0.15) is 36.9 Å². The lowest BCUT2D eigenvalue weighted by Crippen LogP contribution is -2.25. The zero-order valence-electron chi connectivity index (χ0n) is 8.40. The summed E-state index contributed by atoms with van der Waals surface area (Å²) in [5.41, 5.74) is 0. The molecule has 14 heavy (non-hydrogen) atoms. The Morgan fingerprint density at radius 1 is 1.43 bits per heavy atom. The summed E-state index contributed by atoms with van der Waals surface area (Å²) >= 11 is 0. The second kappa shape index (κ2) is 4.15. The van der Waals surface area contributed by atoms with Gasteiger partial charge < -0.3 is 14.3 Å². The lowest BCUT2D eigenvalue weighted by molar-refractivity contribution is -0.0817. The summed E-state index contributed by atoms with van der Waals surface area (Å²) in [5, 5.41) is 9.01. The van der Waals surface area contributed by atoms with E-state index in [2.05, 4.69) is 0 Å². The van der Waals surface area contributed by atoms with Crippen LogP contribution in [0.15, 0.2) is 16.5 Å². The Bertz CT molecular complexity index is 292. The van der Waals surface area contributed by atoms with Crippen molar-refractivity contribution < 1.29 is 14.3 Å². The van der Waals surface area contributed by atoms with E-state index in [9.17, 15) is 0 Å². The Hall–Kier alpha value is -0.800. The lowest BCUT2D eigenvalue weighted by atomic mass is 10.0. The van der Waals surface area contributed by atoms with Gasteiger partial charge in [-0.3, -0.25) is 0 Å². The molecule has 1 aliphatic rings. The smallest absolute Gasteiger partial charge is 0.132 e. The molecule has 2 atom stereocenters. The maximum atomic E-state index is 9.01. The van der Waals surface area contributed by atoms with E-state index in [1.54, 1.807) is 0 Å². The molecule has 2 heterocycles. The minimum absolute atomic E-state index is 0.0147. The number of aryl methyl sites for hydroxylation is 1. The van der Waals surface area contributed by atoms with Crippen LogP contribution in [0, 0.1) is 6.92 Å². The highest BCUT2D eigenvalue weighted by Gasteiger charge is 2.24. The third kappa shape index (κ3) is 1.99. The van der Waals surface area contributed by atoms with Crippen LogP contribution in [0.3, 0.4) is 0 Å². The standard InChI is InChI=1S/C11H16O3/c1-8-5-6-11(13-8)10-4-2-3-9(7-12)14-10/h5-6,9-10,12H,2-4,7H2,1H3. The Morgan fingerprint density at radius 2 is 2.29 bits per heavy atom. The number of aliphatic hydroxyl groups excluding tert-OH is 1. The lowest BCUT2D eigenvalue weighted by Gasteiger charge is -2.27. The molecular weight excluding hydrogens is 180 g/mol. The summed E-state index contributed by atoms with van der Waals surface area (Å²) in [4.78, 5) is 0. The van der Waals surface area contributed by atoms with Gasteiger partial charge in [-0.1, -0.05) is 0 Å². The molecule has 1 saturated heterocycles. The summed E-state index contributed by atoms with van der Waals surface area (Å²) in [5.74, 6) is 1.80. The molecule has 1 fully saturated rings. The Labute approximate surface area is 83.7 Å². The second-order valence-electron chi connectivity index (χ2n) is 3.81. The third-order valence-electron chi connectivity index (χ3n) is 2.63. The van der Waals surface area contributed by atoms with Gasteiger partial charge in [0.2, 0.25) is 0 Å². The maximum Gasteiger partial charge on any atom is 0.132 e. The predicted molar refractivity (Wildman–Crippen MR) is 52.0 cm³/mol. The highest BCUT2D eigenvalue weighted by Crippen LogP contribution is 2.31. The van der Waals surface area contributed by atoms with Crippen molar-refractivity contribution in [2.45, 2.75) is 38.4 Å². The van der Waals surface area contributed by atoms with Crippen LogP contribution in [0.5, 0.6) is 0 Å². The van der Waals surface area contributed by atoms with Crippen molar-refractivity contribution in [2.24, 2.45) is 0 Å². The van der Waals surface area contributed by atoms with Crippen LogP contribution in [-0.4, -0.2) is 17.8 Å². The van der Waals surface area contributed by atoms with Crippen LogP contribution >= 0.6 is 0 Å². The summed E-state index contributed by atoms with van der Waals surface area (Å²) in [6.07, 6.45) is 3.06. The van der Waals surface area contributed by atoms with Crippen LogP contribution in [0.25, 0.3) is 0 Å². The number of hydrogen-bond acceptors (Lipinski definition) is 3. The van der Waals surface area contributed by atoms with Gasteiger partial charge >= 0.3 is 0 Å². The van der Waals surface area contributed by atoms with Crippen molar-refractivity contribution in [3.05, 3.63) is 23.7 Å². The van der Waals surface area contributed by atoms with E-state index in [-0.39, 0.29) is 18.8 Å². The van der Waals surface area contributed by atoms with E-state index in [4.69, 9.17) is 14.3 Å². The largest absolute Gasteiger partial charge is 0.464 e. The van der Waals surface area contributed by atoms with Gasteiger partial charge in [0.15, 0.2) is 0 Å². The molecule has 0 spiro atoms. The number of aliphatic hydroxyl groups is 1. The van der Waals surface area contributed by atoms with E-state index < -0.39 is 0 Å². The van der Waals surface area contributed by atoms with Gasteiger partial charge in [0.05, 0.1) is 12.7 Å². The first-order valence-electron chi connectivity index (χ1n) is 5.12.